The van der Waals surface area contributed by atoms with Gasteiger partial charge in [0.15, 0.2) is 0 Å². The highest BCUT2D eigenvalue weighted by Crippen LogP contribution is 2.12. The molecule has 1 saturated heterocycles. The van der Waals surface area contributed by atoms with Crippen LogP contribution in [-0.4, -0.2) is 19.3 Å². The predicted molar refractivity (Wildman–Crippen MR) is 35.7 cm³/mol. The minimum atomic E-state index is 0.457. The predicted octanol–water partition coefficient (Wildman–Crippen LogP) is -0.125. The van der Waals surface area contributed by atoms with E-state index in [1.165, 1.54) is 0 Å². The molecule has 0 aromatic carbocycles. The molecule has 3 nitrogen and oxygen atoms in total. The van der Waals surface area contributed by atoms with Crippen molar-refractivity contribution in [3.63, 3.8) is 0 Å². The number of nitrogens with two attached hydrogens (primary N) is 1. The van der Waals surface area contributed by atoms with E-state index in [-0.39, 0.29) is 0 Å². The summed E-state index contributed by atoms with van der Waals surface area (Å²) in [5.41, 5.74) is 2.77. The summed E-state index contributed by atoms with van der Waals surface area (Å²) in [7, 11) is 0. The monoisotopic (exact) mass is 130 g/mol. The number of ether oxygens (including phenoxy) is 1. The van der Waals surface area contributed by atoms with Gasteiger partial charge in [-0.15, -0.1) is 0 Å². The maximum atomic E-state index is 5.29. The Balaban J connectivity index is 2.30. The van der Waals surface area contributed by atoms with Crippen molar-refractivity contribution >= 4 is 0 Å². The molecule has 1 heterocycles. The highest BCUT2D eigenvalue weighted by atomic mass is 16.5. The first-order valence-electron chi connectivity index (χ1n) is 3.38. The molecule has 0 aliphatic carbocycles. The molecule has 0 saturated carbocycles. The normalized spacial score (nSPS) is 36.7. The molecule has 0 amide bonds. The lowest BCUT2D eigenvalue weighted by Crippen LogP contribution is -2.44. The van der Waals surface area contributed by atoms with Crippen molar-refractivity contribution in [2.45, 2.75) is 19.4 Å². The summed E-state index contributed by atoms with van der Waals surface area (Å²) in [6.45, 7) is 3.83. The van der Waals surface area contributed by atoms with E-state index in [4.69, 9.17) is 10.6 Å². The third-order valence-corrected chi connectivity index (χ3v) is 1.85. The first-order valence-corrected chi connectivity index (χ1v) is 3.38. The molecule has 0 aromatic heterocycles. The van der Waals surface area contributed by atoms with Crippen LogP contribution >= 0.6 is 0 Å². The van der Waals surface area contributed by atoms with E-state index < -0.39 is 0 Å². The van der Waals surface area contributed by atoms with E-state index in [0.717, 1.165) is 19.6 Å². The summed E-state index contributed by atoms with van der Waals surface area (Å²) in [6, 6.07) is 0.457. The second-order valence-electron chi connectivity index (χ2n) is 2.61. The minimum absolute atomic E-state index is 0.457. The lowest BCUT2D eigenvalue weighted by molar-refractivity contribution is 0.0392. The number of nitrogens with one attached hydrogen (secondary N) is 1. The Bertz CT molecular complexity index is 87.1. The van der Waals surface area contributed by atoms with E-state index in [0.29, 0.717) is 12.0 Å². The van der Waals surface area contributed by atoms with Crippen molar-refractivity contribution in [1.29, 1.82) is 0 Å². The van der Waals surface area contributed by atoms with Crippen LogP contribution < -0.4 is 11.3 Å². The van der Waals surface area contributed by atoms with Crippen LogP contribution in [0, 0.1) is 5.92 Å². The third-order valence-electron chi connectivity index (χ3n) is 1.85. The summed E-state index contributed by atoms with van der Waals surface area (Å²) < 4.78 is 5.22. The molecule has 9 heavy (non-hydrogen) atoms. The van der Waals surface area contributed by atoms with Gasteiger partial charge in [-0.05, 0) is 12.3 Å². The molecule has 1 rings (SSSR count). The largest absolute Gasteiger partial charge is 0.381 e. The van der Waals surface area contributed by atoms with Crippen molar-refractivity contribution in [3.8, 4) is 0 Å². The summed E-state index contributed by atoms with van der Waals surface area (Å²) in [6.07, 6.45) is 1.04. The number of hydrogen-bond acceptors (Lipinski definition) is 3. The summed E-state index contributed by atoms with van der Waals surface area (Å²) in [4.78, 5) is 0. The topological polar surface area (TPSA) is 47.3 Å². The van der Waals surface area contributed by atoms with Crippen LogP contribution in [0.2, 0.25) is 0 Å². The summed E-state index contributed by atoms with van der Waals surface area (Å²) in [5, 5.41) is 0. The number of rotatable bonds is 1. The maximum Gasteiger partial charge on any atom is 0.0507 e. The smallest absolute Gasteiger partial charge is 0.0507 e. The van der Waals surface area contributed by atoms with Crippen molar-refractivity contribution in [3.05, 3.63) is 0 Å². The zero-order valence-electron chi connectivity index (χ0n) is 5.76. The SMILES string of the molecule is C[C@H]1COCCC1NN. The van der Waals surface area contributed by atoms with E-state index in [1.807, 2.05) is 0 Å². The quantitative estimate of drug-likeness (QED) is 0.384. The van der Waals surface area contributed by atoms with Crippen molar-refractivity contribution in [2.24, 2.45) is 11.8 Å². The van der Waals surface area contributed by atoms with E-state index in [9.17, 15) is 0 Å². The van der Waals surface area contributed by atoms with E-state index >= 15 is 0 Å². The first-order chi connectivity index (χ1) is 4.34. The second kappa shape index (κ2) is 3.15. The van der Waals surface area contributed by atoms with Gasteiger partial charge in [-0.25, -0.2) is 0 Å². The Morgan fingerprint density at radius 2 is 2.44 bits per heavy atom. The zero-order chi connectivity index (χ0) is 6.69. The zero-order valence-corrected chi connectivity index (χ0v) is 5.76. The Morgan fingerprint density at radius 3 is 2.89 bits per heavy atom. The number of hydrogen-bond donors (Lipinski definition) is 2. The molecular formula is C6H14N2O. The van der Waals surface area contributed by atoms with Crippen LogP contribution in [0.1, 0.15) is 13.3 Å². The van der Waals surface area contributed by atoms with Gasteiger partial charge in [0.25, 0.3) is 0 Å². The molecule has 0 bridgehead atoms. The van der Waals surface area contributed by atoms with Crippen LogP contribution in [0.4, 0.5) is 0 Å². The van der Waals surface area contributed by atoms with Crippen molar-refractivity contribution < 1.29 is 4.74 Å². The standard InChI is InChI=1S/C6H14N2O/c1-5-4-9-3-2-6(5)8-7/h5-6,8H,2-4,7H2,1H3/t5-,6?/m0/s1. The van der Waals surface area contributed by atoms with Gasteiger partial charge in [-0.3, -0.25) is 11.3 Å². The molecule has 0 spiro atoms. The fraction of sp³-hybridized carbons (Fsp3) is 1.00. The van der Waals surface area contributed by atoms with Crippen LogP contribution in [0.25, 0.3) is 0 Å². The highest BCUT2D eigenvalue weighted by Gasteiger charge is 2.19. The molecule has 3 N–H and O–H groups in total. The molecule has 0 aromatic rings. The highest BCUT2D eigenvalue weighted by molar-refractivity contribution is 4.73. The summed E-state index contributed by atoms with van der Waals surface area (Å²) >= 11 is 0. The van der Waals surface area contributed by atoms with Gasteiger partial charge in [0, 0.05) is 12.6 Å². The Morgan fingerprint density at radius 1 is 1.67 bits per heavy atom. The van der Waals surface area contributed by atoms with Gasteiger partial charge in [0.05, 0.1) is 6.61 Å². The fourth-order valence-corrected chi connectivity index (χ4v) is 1.13. The molecule has 1 unspecified atom stereocenters. The lowest BCUT2D eigenvalue weighted by Gasteiger charge is -2.27. The van der Waals surface area contributed by atoms with Crippen molar-refractivity contribution in [1.82, 2.24) is 5.43 Å². The molecular weight excluding hydrogens is 116 g/mol. The Hall–Kier alpha value is -0.120. The van der Waals surface area contributed by atoms with Gasteiger partial charge in [-0.1, -0.05) is 6.92 Å². The van der Waals surface area contributed by atoms with Gasteiger partial charge >= 0.3 is 0 Å². The van der Waals surface area contributed by atoms with Gasteiger partial charge < -0.3 is 4.74 Å². The molecule has 1 fully saturated rings. The maximum absolute atomic E-state index is 5.29. The molecule has 1 aliphatic rings. The molecule has 54 valence electrons. The summed E-state index contributed by atoms with van der Waals surface area (Å²) in [5.74, 6) is 5.85. The van der Waals surface area contributed by atoms with Crippen molar-refractivity contribution in [2.75, 3.05) is 13.2 Å². The molecule has 3 heteroatoms. The number of hydrazine groups is 1. The van der Waals surface area contributed by atoms with Crippen LogP contribution in [0.3, 0.4) is 0 Å². The Kier molecular flexibility index (Phi) is 2.45. The van der Waals surface area contributed by atoms with Crippen LogP contribution in [-0.2, 0) is 4.74 Å². The van der Waals surface area contributed by atoms with E-state index in [2.05, 4.69) is 12.3 Å². The molecule has 2 atom stereocenters. The van der Waals surface area contributed by atoms with Gasteiger partial charge in [-0.2, -0.15) is 0 Å². The van der Waals surface area contributed by atoms with Gasteiger partial charge in [0.2, 0.25) is 0 Å². The molecule has 0 radical (unpaired) electrons. The van der Waals surface area contributed by atoms with Crippen LogP contribution in [0.15, 0.2) is 0 Å². The lowest BCUT2D eigenvalue weighted by atomic mass is 9.99. The first kappa shape index (κ1) is 6.99. The van der Waals surface area contributed by atoms with Gasteiger partial charge in [0.1, 0.15) is 0 Å². The second-order valence-corrected chi connectivity index (χ2v) is 2.61. The average Bonchev–Trinajstić information content (AvgIpc) is 1.89. The van der Waals surface area contributed by atoms with E-state index in [1.54, 1.807) is 0 Å². The fourth-order valence-electron chi connectivity index (χ4n) is 1.13. The van der Waals surface area contributed by atoms with Crippen LogP contribution in [0.5, 0.6) is 0 Å². The Labute approximate surface area is 55.5 Å². The molecule has 1 aliphatic heterocycles. The minimum Gasteiger partial charge on any atom is -0.381 e. The average molecular weight is 130 g/mol. The third kappa shape index (κ3) is 1.64.